The van der Waals surface area contributed by atoms with E-state index >= 15 is 0 Å². The first-order valence-electron chi connectivity index (χ1n) is 7.18. The third-order valence-corrected chi connectivity index (χ3v) is 4.33. The van der Waals surface area contributed by atoms with E-state index in [2.05, 4.69) is 4.98 Å². The SMILES string of the molecule is Cc1cn(-c2c(C(=O)O)[nH]c3cc(Cl)ccc23)c2ccccc12. The van der Waals surface area contributed by atoms with Gasteiger partial charge in [-0.25, -0.2) is 4.79 Å². The summed E-state index contributed by atoms with van der Waals surface area (Å²) in [5.74, 6) is -0.997. The number of aromatic carboxylic acids is 1. The number of halogens is 1. The lowest BCUT2D eigenvalue weighted by atomic mass is 10.2. The van der Waals surface area contributed by atoms with E-state index in [4.69, 9.17) is 11.6 Å². The predicted molar refractivity (Wildman–Crippen MR) is 91.8 cm³/mol. The molecule has 0 aliphatic carbocycles. The van der Waals surface area contributed by atoms with Gasteiger partial charge >= 0.3 is 5.97 Å². The highest BCUT2D eigenvalue weighted by atomic mass is 35.5. The fourth-order valence-electron chi connectivity index (χ4n) is 3.09. The maximum Gasteiger partial charge on any atom is 0.354 e. The summed E-state index contributed by atoms with van der Waals surface area (Å²) in [7, 11) is 0. The van der Waals surface area contributed by atoms with Crippen LogP contribution >= 0.6 is 11.6 Å². The topological polar surface area (TPSA) is 58.0 Å². The van der Waals surface area contributed by atoms with Gasteiger partial charge in [-0.2, -0.15) is 0 Å². The van der Waals surface area contributed by atoms with Gasteiger partial charge < -0.3 is 14.7 Å². The summed E-state index contributed by atoms with van der Waals surface area (Å²) in [5, 5.41) is 12.1. The fourth-order valence-corrected chi connectivity index (χ4v) is 3.27. The molecule has 4 nitrogen and oxygen atoms in total. The molecule has 0 saturated carbocycles. The van der Waals surface area contributed by atoms with Gasteiger partial charge in [-0.15, -0.1) is 0 Å². The van der Waals surface area contributed by atoms with Gasteiger partial charge in [0, 0.05) is 27.5 Å². The highest BCUT2D eigenvalue weighted by Crippen LogP contribution is 2.32. The Morgan fingerprint density at radius 3 is 2.74 bits per heavy atom. The molecule has 2 N–H and O–H groups in total. The number of carbonyl (C=O) groups is 1. The van der Waals surface area contributed by atoms with Gasteiger partial charge in [0.15, 0.2) is 0 Å². The van der Waals surface area contributed by atoms with E-state index < -0.39 is 5.97 Å². The Kier molecular flexibility index (Phi) is 2.96. The largest absolute Gasteiger partial charge is 0.477 e. The van der Waals surface area contributed by atoms with Gasteiger partial charge in [0.1, 0.15) is 5.69 Å². The molecule has 2 heterocycles. The van der Waals surface area contributed by atoms with E-state index in [1.165, 1.54) is 0 Å². The van der Waals surface area contributed by atoms with Gasteiger partial charge in [0.2, 0.25) is 0 Å². The second kappa shape index (κ2) is 4.89. The minimum atomic E-state index is -0.997. The number of hydrogen-bond acceptors (Lipinski definition) is 1. The summed E-state index contributed by atoms with van der Waals surface area (Å²) in [6.45, 7) is 2.02. The zero-order valence-electron chi connectivity index (χ0n) is 12.3. The average molecular weight is 325 g/mol. The number of H-pyrrole nitrogens is 1. The first-order valence-corrected chi connectivity index (χ1v) is 7.55. The van der Waals surface area contributed by atoms with Crippen LogP contribution in [0.4, 0.5) is 0 Å². The molecule has 23 heavy (non-hydrogen) atoms. The molecule has 0 aliphatic heterocycles. The second-order valence-corrected chi connectivity index (χ2v) is 5.98. The zero-order valence-corrected chi connectivity index (χ0v) is 13.1. The molecule has 0 fully saturated rings. The molecule has 0 radical (unpaired) electrons. The summed E-state index contributed by atoms with van der Waals surface area (Å²) in [5.41, 5.74) is 3.57. The second-order valence-electron chi connectivity index (χ2n) is 5.54. The van der Waals surface area contributed by atoms with Crippen LogP contribution in [0.5, 0.6) is 0 Å². The van der Waals surface area contributed by atoms with Crippen molar-refractivity contribution < 1.29 is 9.90 Å². The number of aryl methyl sites for hydroxylation is 1. The van der Waals surface area contributed by atoms with Gasteiger partial charge in [-0.3, -0.25) is 0 Å². The molecule has 5 heteroatoms. The fraction of sp³-hybridized carbons (Fsp3) is 0.0556. The van der Waals surface area contributed by atoms with E-state index in [-0.39, 0.29) is 5.69 Å². The highest BCUT2D eigenvalue weighted by molar-refractivity contribution is 6.31. The number of para-hydroxylation sites is 1. The normalized spacial score (nSPS) is 11.4. The molecule has 2 aromatic carbocycles. The Hall–Kier alpha value is -2.72. The van der Waals surface area contributed by atoms with Crippen LogP contribution in [0.1, 0.15) is 16.1 Å². The van der Waals surface area contributed by atoms with E-state index in [1.807, 2.05) is 48.0 Å². The minimum Gasteiger partial charge on any atom is -0.477 e. The van der Waals surface area contributed by atoms with Crippen LogP contribution in [0.15, 0.2) is 48.7 Å². The molecular weight excluding hydrogens is 312 g/mol. The number of hydrogen-bond donors (Lipinski definition) is 2. The van der Waals surface area contributed by atoms with Crippen molar-refractivity contribution in [3.05, 3.63) is 64.9 Å². The molecule has 114 valence electrons. The maximum absolute atomic E-state index is 11.7. The van der Waals surface area contributed by atoms with Crippen LogP contribution in [0, 0.1) is 6.92 Å². The van der Waals surface area contributed by atoms with E-state index in [0.29, 0.717) is 16.2 Å². The van der Waals surface area contributed by atoms with Crippen LogP contribution < -0.4 is 0 Å². The number of carboxylic acids is 1. The smallest absolute Gasteiger partial charge is 0.354 e. The lowest BCUT2D eigenvalue weighted by Gasteiger charge is -2.06. The van der Waals surface area contributed by atoms with Crippen LogP contribution in [0.25, 0.3) is 27.5 Å². The summed E-state index contributed by atoms with van der Waals surface area (Å²) in [6, 6.07) is 13.3. The lowest BCUT2D eigenvalue weighted by molar-refractivity contribution is 0.0691. The first kappa shape index (κ1) is 13.9. The number of nitrogens with one attached hydrogen (secondary N) is 1. The quantitative estimate of drug-likeness (QED) is 0.558. The number of fused-ring (bicyclic) bond motifs is 2. The number of aromatic amines is 1. The average Bonchev–Trinajstić information content (AvgIpc) is 3.05. The third-order valence-electron chi connectivity index (χ3n) is 4.10. The van der Waals surface area contributed by atoms with Crippen LogP contribution in [-0.4, -0.2) is 20.6 Å². The van der Waals surface area contributed by atoms with Crippen molar-refractivity contribution in [3.8, 4) is 5.69 Å². The molecule has 0 spiro atoms. The first-order chi connectivity index (χ1) is 11.1. The predicted octanol–water partition coefficient (Wildman–Crippen LogP) is 4.77. The Morgan fingerprint density at radius 1 is 1.17 bits per heavy atom. The Bertz CT molecular complexity index is 1080. The van der Waals surface area contributed by atoms with Crippen molar-refractivity contribution in [1.82, 2.24) is 9.55 Å². The molecule has 0 amide bonds. The molecule has 0 bridgehead atoms. The molecule has 0 saturated heterocycles. The number of rotatable bonds is 2. The summed E-state index contributed by atoms with van der Waals surface area (Å²) >= 11 is 6.03. The van der Waals surface area contributed by atoms with Crippen molar-refractivity contribution in [2.24, 2.45) is 0 Å². The summed E-state index contributed by atoms with van der Waals surface area (Å²) in [4.78, 5) is 14.7. The number of aromatic nitrogens is 2. The zero-order chi connectivity index (χ0) is 16.1. The number of nitrogens with zero attached hydrogens (tertiary/aromatic N) is 1. The molecular formula is C18H13ClN2O2. The van der Waals surface area contributed by atoms with Crippen molar-refractivity contribution >= 4 is 39.4 Å². The van der Waals surface area contributed by atoms with Crippen molar-refractivity contribution in [1.29, 1.82) is 0 Å². The summed E-state index contributed by atoms with van der Waals surface area (Å²) in [6.07, 6.45) is 1.97. The van der Waals surface area contributed by atoms with Gasteiger partial charge in [-0.1, -0.05) is 29.8 Å². The van der Waals surface area contributed by atoms with Crippen LogP contribution in [-0.2, 0) is 0 Å². The number of benzene rings is 2. The third kappa shape index (κ3) is 2.03. The van der Waals surface area contributed by atoms with Crippen molar-refractivity contribution in [2.75, 3.05) is 0 Å². The van der Waals surface area contributed by atoms with Crippen molar-refractivity contribution in [3.63, 3.8) is 0 Å². The van der Waals surface area contributed by atoms with E-state index in [0.717, 1.165) is 21.9 Å². The molecule has 0 unspecified atom stereocenters. The molecule has 0 atom stereocenters. The minimum absolute atomic E-state index is 0.156. The van der Waals surface area contributed by atoms with Gasteiger partial charge in [0.25, 0.3) is 0 Å². The lowest BCUT2D eigenvalue weighted by Crippen LogP contribution is -2.03. The van der Waals surface area contributed by atoms with Gasteiger partial charge in [-0.05, 0) is 36.8 Å². The Labute approximate surface area is 136 Å². The molecule has 4 rings (SSSR count). The Balaban J connectivity index is 2.15. The molecule has 2 aromatic heterocycles. The standard InChI is InChI=1S/C18H13ClN2O2/c1-10-9-21(15-5-3-2-4-12(10)15)17-13-7-6-11(19)8-14(13)20-16(17)18(22)23/h2-9,20H,1H3,(H,22,23). The van der Waals surface area contributed by atoms with Crippen LogP contribution in [0.2, 0.25) is 5.02 Å². The van der Waals surface area contributed by atoms with Gasteiger partial charge in [0.05, 0.1) is 11.2 Å². The Morgan fingerprint density at radius 2 is 1.96 bits per heavy atom. The molecule has 4 aromatic rings. The maximum atomic E-state index is 11.7. The van der Waals surface area contributed by atoms with E-state index in [1.54, 1.807) is 12.1 Å². The number of carboxylic acid groups (broad SMARTS) is 1. The van der Waals surface area contributed by atoms with Crippen LogP contribution in [0.3, 0.4) is 0 Å². The summed E-state index contributed by atoms with van der Waals surface area (Å²) < 4.78 is 1.93. The van der Waals surface area contributed by atoms with Crippen molar-refractivity contribution in [2.45, 2.75) is 6.92 Å². The highest BCUT2D eigenvalue weighted by Gasteiger charge is 2.20. The molecule has 0 aliphatic rings. The monoisotopic (exact) mass is 324 g/mol. The van der Waals surface area contributed by atoms with E-state index in [9.17, 15) is 9.90 Å².